The molecule has 2 atom stereocenters. The van der Waals surface area contributed by atoms with Gasteiger partial charge < -0.3 is 15.5 Å². The van der Waals surface area contributed by atoms with Crippen molar-refractivity contribution in [1.82, 2.24) is 5.32 Å². The zero-order valence-electron chi connectivity index (χ0n) is 19.8. The third-order valence-corrected chi connectivity index (χ3v) is 5.44. The Balaban J connectivity index is 3.76. The summed E-state index contributed by atoms with van der Waals surface area (Å²) >= 11 is 0. The van der Waals surface area contributed by atoms with Gasteiger partial charge in [-0.15, -0.1) is 0 Å². The Labute approximate surface area is 186 Å². The second kappa shape index (κ2) is 22.6. The molecule has 2 unspecified atom stereocenters. The molecule has 0 aliphatic rings. The van der Waals surface area contributed by atoms with Crippen LogP contribution < -0.4 is 5.32 Å². The van der Waals surface area contributed by atoms with E-state index in [0.717, 1.165) is 44.9 Å². The molecule has 0 aliphatic heterocycles. The van der Waals surface area contributed by atoms with Gasteiger partial charge in [0.15, 0.2) is 0 Å². The summed E-state index contributed by atoms with van der Waals surface area (Å²) in [5.41, 5.74) is 0. The van der Waals surface area contributed by atoms with Gasteiger partial charge >= 0.3 is 0 Å². The highest BCUT2D eigenvalue weighted by atomic mass is 16.3. The van der Waals surface area contributed by atoms with E-state index in [1.807, 2.05) is 6.08 Å². The molecule has 0 aliphatic carbocycles. The SMILES string of the molecule is CCCCCCCCCC/C=C/CC/C=C/C(O)C(CO)NC(=O)CCCCCC. The van der Waals surface area contributed by atoms with Crippen molar-refractivity contribution in [2.75, 3.05) is 6.61 Å². The van der Waals surface area contributed by atoms with Crippen LogP contribution in [0.3, 0.4) is 0 Å². The van der Waals surface area contributed by atoms with Gasteiger partial charge in [0.2, 0.25) is 5.91 Å². The molecule has 1 amide bonds. The van der Waals surface area contributed by atoms with Crippen LogP contribution in [-0.4, -0.2) is 34.9 Å². The molecule has 30 heavy (non-hydrogen) atoms. The molecule has 0 heterocycles. The quantitative estimate of drug-likeness (QED) is 0.152. The maximum absolute atomic E-state index is 11.9. The molecule has 0 saturated carbocycles. The summed E-state index contributed by atoms with van der Waals surface area (Å²) in [7, 11) is 0. The summed E-state index contributed by atoms with van der Waals surface area (Å²) in [5.74, 6) is -0.0958. The van der Waals surface area contributed by atoms with Crippen molar-refractivity contribution in [3.05, 3.63) is 24.3 Å². The van der Waals surface area contributed by atoms with E-state index in [-0.39, 0.29) is 12.5 Å². The largest absolute Gasteiger partial charge is 0.394 e. The summed E-state index contributed by atoms with van der Waals surface area (Å²) in [5, 5.41) is 22.4. The number of aliphatic hydroxyl groups excluding tert-OH is 2. The second-order valence-electron chi connectivity index (χ2n) is 8.40. The van der Waals surface area contributed by atoms with Crippen LogP contribution in [-0.2, 0) is 4.79 Å². The van der Waals surface area contributed by atoms with Crippen molar-refractivity contribution in [2.45, 2.75) is 129 Å². The van der Waals surface area contributed by atoms with Crippen LogP contribution in [0.25, 0.3) is 0 Å². The number of allylic oxidation sites excluding steroid dienone is 3. The molecule has 4 nitrogen and oxygen atoms in total. The average Bonchev–Trinajstić information content (AvgIpc) is 2.75. The van der Waals surface area contributed by atoms with Crippen molar-refractivity contribution in [3.63, 3.8) is 0 Å². The highest BCUT2D eigenvalue weighted by Gasteiger charge is 2.17. The first-order valence-corrected chi connectivity index (χ1v) is 12.6. The van der Waals surface area contributed by atoms with Crippen LogP contribution in [0.2, 0.25) is 0 Å². The molecule has 176 valence electrons. The second-order valence-corrected chi connectivity index (χ2v) is 8.40. The van der Waals surface area contributed by atoms with Crippen molar-refractivity contribution >= 4 is 5.91 Å². The Hall–Kier alpha value is -1.13. The van der Waals surface area contributed by atoms with E-state index in [4.69, 9.17) is 0 Å². The third-order valence-electron chi connectivity index (χ3n) is 5.44. The van der Waals surface area contributed by atoms with Crippen molar-refractivity contribution in [1.29, 1.82) is 0 Å². The highest BCUT2D eigenvalue weighted by Crippen LogP contribution is 2.10. The number of carbonyl (C=O) groups excluding carboxylic acids is 1. The summed E-state index contributed by atoms with van der Waals surface area (Å²) in [6.07, 6.45) is 25.6. The fourth-order valence-corrected chi connectivity index (χ4v) is 3.42. The zero-order chi connectivity index (χ0) is 22.3. The van der Waals surface area contributed by atoms with Crippen molar-refractivity contribution in [2.24, 2.45) is 0 Å². The normalized spacial score (nSPS) is 13.9. The fraction of sp³-hybridized carbons (Fsp3) is 0.808. The predicted molar refractivity (Wildman–Crippen MR) is 129 cm³/mol. The number of aliphatic hydroxyl groups is 2. The smallest absolute Gasteiger partial charge is 0.220 e. The Kier molecular flexibility index (Phi) is 21.7. The van der Waals surface area contributed by atoms with E-state index in [0.29, 0.717) is 6.42 Å². The molecule has 0 bridgehead atoms. The molecule has 0 radical (unpaired) electrons. The molecular weight excluding hydrogens is 374 g/mol. The summed E-state index contributed by atoms with van der Waals surface area (Å²) < 4.78 is 0. The van der Waals surface area contributed by atoms with Gasteiger partial charge in [-0.25, -0.2) is 0 Å². The van der Waals surface area contributed by atoms with E-state index in [1.54, 1.807) is 6.08 Å². The monoisotopic (exact) mass is 423 g/mol. The number of rotatable bonds is 21. The number of unbranched alkanes of at least 4 members (excludes halogenated alkanes) is 12. The number of nitrogens with one attached hydrogen (secondary N) is 1. The number of hydrogen-bond acceptors (Lipinski definition) is 3. The van der Waals surface area contributed by atoms with Gasteiger partial charge in [0.1, 0.15) is 0 Å². The number of hydrogen-bond donors (Lipinski definition) is 3. The van der Waals surface area contributed by atoms with E-state index in [9.17, 15) is 15.0 Å². The molecule has 0 aromatic heterocycles. The number of amides is 1. The Morgan fingerprint density at radius 2 is 1.30 bits per heavy atom. The van der Waals surface area contributed by atoms with Crippen LogP contribution in [0, 0.1) is 0 Å². The lowest BCUT2D eigenvalue weighted by Crippen LogP contribution is -2.45. The van der Waals surface area contributed by atoms with Gasteiger partial charge in [-0.2, -0.15) is 0 Å². The van der Waals surface area contributed by atoms with Gasteiger partial charge in [0, 0.05) is 6.42 Å². The summed E-state index contributed by atoms with van der Waals surface area (Å²) in [6, 6.07) is -0.627. The van der Waals surface area contributed by atoms with Crippen molar-refractivity contribution in [3.8, 4) is 0 Å². The standard InChI is InChI=1S/C26H49NO3/c1-3-5-7-9-10-11-12-13-14-15-16-17-18-19-21-25(29)24(23-28)27-26(30)22-20-8-6-4-2/h15-16,19,21,24-25,28-29H,3-14,17-18,20,22-23H2,1-2H3,(H,27,30)/b16-15+,21-19+. The van der Waals surface area contributed by atoms with Gasteiger partial charge in [-0.1, -0.05) is 102 Å². The fourth-order valence-electron chi connectivity index (χ4n) is 3.42. The number of carbonyl (C=O) groups is 1. The van der Waals surface area contributed by atoms with Crippen molar-refractivity contribution < 1.29 is 15.0 Å². The van der Waals surface area contributed by atoms with Crippen LogP contribution in [0.4, 0.5) is 0 Å². The Morgan fingerprint density at radius 1 is 0.767 bits per heavy atom. The molecule has 0 aromatic rings. The first kappa shape index (κ1) is 28.9. The van der Waals surface area contributed by atoms with Gasteiger partial charge in [-0.3, -0.25) is 4.79 Å². The van der Waals surface area contributed by atoms with Gasteiger partial charge in [-0.05, 0) is 32.1 Å². The van der Waals surface area contributed by atoms with E-state index in [1.165, 1.54) is 51.4 Å². The molecule has 4 heteroatoms. The van der Waals surface area contributed by atoms with Crippen LogP contribution in [0.1, 0.15) is 117 Å². The first-order chi connectivity index (χ1) is 14.7. The van der Waals surface area contributed by atoms with E-state index >= 15 is 0 Å². The van der Waals surface area contributed by atoms with Gasteiger partial charge in [0.05, 0.1) is 18.8 Å². The molecule has 3 N–H and O–H groups in total. The average molecular weight is 424 g/mol. The zero-order valence-corrected chi connectivity index (χ0v) is 19.8. The third kappa shape index (κ3) is 18.9. The molecule has 0 aromatic carbocycles. The molecule has 0 spiro atoms. The van der Waals surface area contributed by atoms with Crippen LogP contribution >= 0.6 is 0 Å². The minimum Gasteiger partial charge on any atom is -0.394 e. The maximum atomic E-state index is 11.9. The lowest BCUT2D eigenvalue weighted by molar-refractivity contribution is -0.123. The molecule has 0 rings (SSSR count). The molecule has 0 fully saturated rings. The van der Waals surface area contributed by atoms with E-state index in [2.05, 4.69) is 31.3 Å². The predicted octanol–water partition coefficient (Wildman–Crippen LogP) is 6.22. The lowest BCUT2D eigenvalue weighted by atomic mass is 10.1. The first-order valence-electron chi connectivity index (χ1n) is 12.6. The van der Waals surface area contributed by atoms with E-state index < -0.39 is 12.1 Å². The summed E-state index contributed by atoms with van der Waals surface area (Å²) in [4.78, 5) is 11.9. The topological polar surface area (TPSA) is 69.6 Å². The molecule has 0 saturated heterocycles. The van der Waals surface area contributed by atoms with Crippen LogP contribution in [0.15, 0.2) is 24.3 Å². The Bertz CT molecular complexity index is 434. The highest BCUT2D eigenvalue weighted by molar-refractivity contribution is 5.76. The molecular formula is C26H49NO3. The van der Waals surface area contributed by atoms with Crippen LogP contribution in [0.5, 0.6) is 0 Å². The minimum absolute atomic E-state index is 0.0958. The maximum Gasteiger partial charge on any atom is 0.220 e. The summed E-state index contributed by atoms with van der Waals surface area (Å²) in [6.45, 7) is 4.13. The minimum atomic E-state index is -0.851. The van der Waals surface area contributed by atoms with Gasteiger partial charge in [0.25, 0.3) is 0 Å². The lowest BCUT2D eigenvalue weighted by Gasteiger charge is -2.19. The Morgan fingerprint density at radius 3 is 1.93 bits per heavy atom.